The average Bonchev–Trinajstić information content (AvgIpc) is 3.55. The van der Waals surface area contributed by atoms with E-state index in [0.29, 0.717) is 19.6 Å². The van der Waals surface area contributed by atoms with Gasteiger partial charge in [-0.2, -0.15) is 0 Å². The summed E-state index contributed by atoms with van der Waals surface area (Å²) in [5.74, 6) is -2.98. The molecule has 0 spiro atoms. The Morgan fingerprint density at radius 3 is 0.854 bits per heavy atom. The molecule has 0 heterocycles. The fourth-order valence-electron chi connectivity index (χ4n) is 9.36. The van der Waals surface area contributed by atoms with Gasteiger partial charge in [0, 0.05) is 31.8 Å². The third-order valence-corrected chi connectivity index (χ3v) is 15.2. The lowest BCUT2D eigenvalue weighted by molar-refractivity contribution is -0.171. The van der Waals surface area contributed by atoms with Crippen LogP contribution in [0.25, 0.3) is 0 Å². The smallest absolute Gasteiger partial charge is 0.330 e. The standard InChI is InChI=1S/C64H122N6O12/c1-12-23-35-68(36-24-13-2)44-29-41-65(20-9)47-32-60(74)80-54-63(50-71,53-78-58(72)18-7)51-77-52-64(55-79-59(73)19-8,56-81-61(75)33-48-66(21-10)42-30-45-69(37-25-14-3)38-26-15-4)57-82-62(76)34-49-67(22-11)43-31-46-70(39-27-16-5)40-28-17-6/h18-19,71H,7-8,12-17,20-57H2,1-6,9-11H3. The van der Waals surface area contributed by atoms with E-state index in [1.165, 1.54) is 38.5 Å². The molecule has 480 valence electrons. The van der Waals surface area contributed by atoms with E-state index in [4.69, 9.17) is 28.4 Å². The topological polar surface area (TPSA) is 180 Å². The monoisotopic (exact) mass is 1170 g/mol. The maximum atomic E-state index is 13.7. The van der Waals surface area contributed by atoms with Crippen molar-refractivity contribution < 1.29 is 57.5 Å². The van der Waals surface area contributed by atoms with Crippen LogP contribution in [0.3, 0.4) is 0 Å². The number of ether oxygens (including phenoxy) is 6. The van der Waals surface area contributed by atoms with Gasteiger partial charge in [0.1, 0.15) is 33.0 Å². The van der Waals surface area contributed by atoms with Crippen molar-refractivity contribution in [2.75, 3.05) is 171 Å². The molecular formula is C64H122N6O12. The average molecular weight is 1170 g/mol. The molecule has 0 aromatic carbocycles. The molecular weight excluding hydrogens is 1040 g/mol. The Morgan fingerprint density at radius 1 is 0.341 bits per heavy atom. The van der Waals surface area contributed by atoms with E-state index >= 15 is 0 Å². The van der Waals surface area contributed by atoms with Crippen LogP contribution in [-0.4, -0.2) is 235 Å². The second-order valence-corrected chi connectivity index (χ2v) is 22.5. The van der Waals surface area contributed by atoms with Gasteiger partial charge in [-0.3, -0.25) is 14.4 Å². The van der Waals surface area contributed by atoms with E-state index < -0.39 is 60.5 Å². The number of hydrogen-bond donors (Lipinski definition) is 1. The molecule has 0 aromatic rings. The third kappa shape index (κ3) is 39.9. The largest absolute Gasteiger partial charge is 0.465 e. The Bertz CT molecular complexity index is 1570. The fourth-order valence-corrected chi connectivity index (χ4v) is 9.36. The Hall–Kier alpha value is -3.49. The van der Waals surface area contributed by atoms with Gasteiger partial charge in [0.05, 0.1) is 49.9 Å². The summed E-state index contributed by atoms with van der Waals surface area (Å²) in [6, 6.07) is 0. The predicted molar refractivity (Wildman–Crippen MR) is 331 cm³/mol. The zero-order chi connectivity index (χ0) is 61.1. The molecule has 1 unspecified atom stereocenters. The first-order chi connectivity index (χ1) is 39.6. The summed E-state index contributed by atoms with van der Waals surface area (Å²) in [4.78, 5) is 80.3. The lowest BCUT2D eigenvalue weighted by atomic mass is 9.90. The molecule has 0 fully saturated rings. The second-order valence-electron chi connectivity index (χ2n) is 22.5. The summed E-state index contributed by atoms with van der Waals surface area (Å²) < 4.78 is 35.2. The van der Waals surface area contributed by atoms with Crippen LogP contribution in [0.1, 0.15) is 178 Å². The fraction of sp³-hybridized carbons (Fsp3) is 0.859. The van der Waals surface area contributed by atoms with Crippen LogP contribution in [0.4, 0.5) is 0 Å². The van der Waals surface area contributed by atoms with Gasteiger partial charge in [-0.25, -0.2) is 9.59 Å². The maximum absolute atomic E-state index is 13.7. The van der Waals surface area contributed by atoms with E-state index in [9.17, 15) is 29.1 Å². The lowest BCUT2D eigenvalue weighted by Crippen LogP contribution is -2.46. The van der Waals surface area contributed by atoms with Crippen LogP contribution < -0.4 is 0 Å². The SMILES string of the molecule is C=CC(=O)OCC(CO)(COCC(COC(=O)C=C)(COC(=O)CCN(CC)CCCN(CCCC)CCCC)COC(=O)CCN(CC)CCCN(CCCC)CCCC)COC(=O)CCN(CC)CCCN(CCCC)CCCC. The Kier molecular flexibility index (Phi) is 49.7. The molecule has 0 bridgehead atoms. The van der Waals surface area contributed by atoms with Crippen molar-refractivity contribution in [1.82, 2.24) is 29.4 Å². The number of rotatable bonds is 59. The number of nitrogens with zero attached hydrogens (tertiary/aromatic N) is 6. The van der Waals surface area contributed by atoms with Crippen LogP contribution in [0.5, 0.6) is 0 Å². The van der Waals surface area contributed by atoms with Crippen molar-refractivity contribution in [2.24, 2.45) is 10.8 Å². The van der Waals surface area contributed by atoms with E-state index in [1.54, 1.807) is 0 Å². The minimum absolute atomic E-state index is 0.0919. The van der Waals surface area contributed by atoms with E-state index in [2.05, 4.69) is 105 Å². The number of unbranched alkanes of at least 4 members (excludes halogenated alkanes) is 6. The minimum Gasteiger partial charge on any atom is -0.465 e. The Balaban J connectivity index is 6.51. The van der Waals surface area contributed by atoms with Crippen LogP contribution in [0, 0.1) is 10.8 Å². The van der Waals surface area contributed by atoms with E-state index in [-0.39, 0.29) is 52.3 Å². The lowest BCUT2D eigenvalue weighted by Gasteiger charge is -2.35. The summed E-state index contributed by atoms with van der Waals surface area (Å²) in [6.45, 7) is 39.1. The molecule has 0 aliphatic carbocycles. The number of hydrogen-bond acceptors (Lipinski definition) is 18. The molecule has 1 N–H and O–H groups in total. The van der Waals surface area contributed by atoms with Crippen molar-refractivity contribution in [2.45, 2.75) is 178 Å². The number of esters is 5. The number of aliphatic hydroxyl groups excluding tert-OH is 1. The van der Waals surface area contributed by atoms with Crippen LogP contribution >= 0.6 is 0 Å². The van der Waals surface area contributed by atoms with Crippen molar-refractivity contribution in [3.05, 3.63) is 25.3 Å². The first-order valence-corrected chi connectivity index (χ1v) is 32.2. The van der Waals surface area contributed by atoms with Crippen molar-refractivity contribution >= 4 is 29.8 Å². The van der Waals surface area contributed by atoms with Gasteiger partial charge in [0.15, 0.2) is 0 Å². The van der Waals surface area contributed by atoms with Gasteiger partial charge in [-0.15, -0.1) is 0 Å². The van der Waals surface area contributed by atoms with Crippen molar-refractivity contribution in [1.29, 1.82) is 0 Å². The van der Waals surface area contributed by atoms with Crippen molar-refractivity contribution in [3.8, 4) is 0 Å². The highest BCUT2D eigenvalue weighted by molar-refractivity contribution is 5.81. The van der Waals surface area contributed by atoms with Gasteiger partial charge in [0.25, 0.3) is 0 Å². The van der Waals surface area contributed by atoms with Crippen LogP contribution in [0.2, 0.25) is 0 Å². The highest BCUT2D eigenvalue weighted by atomic mass is 16.6. The highest BCUT2D eigenvalue weighted by Crippen LogP contribution is 2.26. The molecule has 82 heavy (non-hydrogen) atoms. The van der Waals surface area contributed by atoms with Gasteiger partial charge < -0.3 is 62.9 Å². The van der Waals surface area contributed by atoms with Gasteiger partial charge in [-0.05, 0) is 156 Å². The van der Waals surface area contributed by atoms with Crippen molar-refractivity contribution in [3.63, 3.8) is 0 Å². The normalized spacial score (nSPS) is 12.6. The molecule has 1 atom stereocenters. The third-order valence-electron chi connectivity index (χ3n) is 15.2. The molecule has 18 heteroatoms. The summed E-state index contributed by atoms with van der Waals surface area (Å²) in [6.07, 6.45) is 19.1. The molecule has 18 nitrogen and oxygen atoms in total. The highest BCUT2D eigenvalue weighted by Gasteiger charge is 2.40. The Labute approximate surface area is 499 Å². The maximum Gasteiger partial charge on any atom is 0.330 e. The quantitative estimate of drug-likeness (QED) is 0.0346. The Morgan fingerprint density at radius 2 is 0.585 bits per heavy atom. The molecule has 0 rings (SSSR count). The number of carbonyl (C=O) groups is 5. The number of carbonyl (C=O) groups excluding carboxylic acids is 5. The first-order valence-electron chi connectivity index (χ1n) is 32.2. The molecule has 0 aliphatic rings. The zero-order valence-corrected chi connectivity index (χ0v) is 53.8. The molecule has 0 saturated heterocycles. The van der Waals surface area contributed by atoms with E-state index in [1.807, 2.05) is 0 Å². The van der Waals surface area contributed by atoms with Gasteiger partial charge in [-0.1, -0.05) is 114 Å². The van der Waals surface area contributed by atoms with E-state index in [0.717, 1.165) is 168 Å². The second kappa shape index (κ2) is 51.9. The van der Waals surface area contributed by atoms with Gasteiger partial charge >= 0.3 is 29.8 Å². The molecule has 0 radical (unpaired) electrons. The minimum atomic E-state index is -1.45. The molecule has 0 aliphatic heterocycles. The molecule has 0 saturated carbocycles. The summed E-state index contributed by atoms with van der Waals surface area (Å²) in [5, 5.41) is 11.0. The number of aliphatic hydroxyl groups is 1. The summed E-state index contributed by atoms with van der Waals surface area (Å²) in [5.41, 5.74) is -2.89. The van der Waals surface area contributed by atoms with Crippen LogP contribution in [0.15, 0.2) is 25.3 Å². The summed E-state index contributed by atoms with van der Waals surface area (Å²) >= 11 is 0. The van der Waals surface area contributed by atoms with Gasteiger partial charge in [0.2, 0.25) is 0 Å². The molecule has 0 aromatic heterocycles. The predicted octanol–water partition coefficient (Wildman–Crippen LogP) is 9.07. The zero-order valence-electron chi connectivity index (χ0n) is 53.8. The summed E-state index contributed by atoms with van der Waals surface area (Å²) in [7, 11) is 0. The van der Waals surface area contributed by atoms with Crippen LogP contribution in [-0.2, 0) is 52.4 Å². The molecule has 0 amide bonds. The first kappa shape index (κ1) is 78.5.